The van der Waals surface area contributed by atoms with Gasteiger partial charge in [-0.2, -0.15) is 4.98 Å². The van der Waals surface area contributed by atoms with Gasteiger partial charge in [0.2, 0.25) is 0 Å². The Morgan fingerprint density at radius 1 is 1.05 bits per heavy atom. The minimum atomic E-state index is 0.460. The van der Waals surface area contributed by atoms with E-state index in [4.69, 9.17) is 21.9 Å². The lowest BCUT2D eigenvalue weighted by Gasteiger charge is -1.99. The first-order chi connectivity index (χ1) is 10.2. The third-order valence-electron chi connectivity index (χ3n) is 3.19. The smallest absolute Gasteiger partial charge is 0.257 e. The van der Waals surface area contributed by atoms with Crippen molar-refractivity contribution < 1.29 is 4.52 Å². The van der Waals surface area contributed by atoms with Gasteiger partial charge in [-0.1, -0.05) is 47.1 Å². The van der Waals surface area contributed by atoms with Gasteiger partial charge in [-0.3, -0.25) is 0 Å². The van der Waals surface area contributed by atoms with Crippen LogP contribution in [0.1, 0.15) is 11.4 Å². The van der Waals surface area contributed by atoms with Gasteiger partial charge in [0.15, 0.2) is 5.82 Å². The van der Waals surface area contributed by atoms with Crippen molar-refractivity contribution in [3.05, 3.63) is 64.9 Å². The van der Waals surface area contributed by atoms with E-state index in [-0.39, 0.29) is 0 Å². The molecule has 106 valence electrons. The number of aromatic nitrogens is 2. The van der Waals surface area contributed by atoms with E-state index in [1.54, 1.807) is 12.1 Å². The summed E-state index contributed by atoms with van der Waals surface area (Å²) in [6, 6.07) is 15.5. The number of hydrogen-bond donors (Lipinski definition) is 1. The third kappa shape index (κ3) is 3.23. The molecule has 0 spiro atoms. The Bertz CT molecular complexity index is 740. The molecule has 0 unspecified atom stereocenters. The standard InChI is InChI=1S/C16H14ClN3O/c17-13-8-7-12(10-14(13)18)16-19-15(20-21-16)9-6-11-4-2-1-3-5-11/h1-5,7-8,10H,6,9,18H2. The van der Waals surface area contributed by atoms with Crippen LogP contribution in [0.5, 0.6) is 0 Å². The van der Waals surface area contributed by atoms with Gasteiger partial charge in [0.1, 0.15) is 0 Å². The van der Waals surface area contributed by atoms with Crippen LogP contribution in [0, 0.1) is 0 Å². The molecule has 0 radical (unpaired) electrons. The number of nitrogens with zero attached hydrogens (tertiary/aromatic N) is 2. The molecular formula is C16H14ClN3O. The highest BCUT2D eigenvalue weighted by molar-refractivity contribution is 6.33. The Labute approximate surface area is 127 Å². The molecule has 0 saturated heterocycles. The largest absolute Gasteiger partial charge is 0.398 e. The second-order valence-electron chi connectivity index (χ2n) is 4.74. The number of rotatable bonds is 4. The van der Waals surface area contributed by atoms with Crippen molar-refractivity contribution in [2.45, 2.75) is 12.8 Å². The minimum Gasteiger partial charge on any atom is -0.398 e. The fraction of sp³-hybridized carbons (Fsp3) is 0.125. The molecule has 1 aromatic heterocycles. The van der Waals surface area contributed by atoms with Crippen molar-refractivity contribution in [1.82, 2.24) is 10.1 Å². The van der Waals surface area contributed by atoms with E-state index in [0.29, 0.717) is 22.4 Å². The fourth-order valence-electron chi connectivity index (χ4n) is 2.05. The number of aryl methyl sites for hydroxylation is 2. The van der Waals surface area contributed by atoms with Crippen LogP contribution in [0.25, 0.3) is 11.5 Å². The minimum absolute atomic E-state index is 0.460. The molecule has 0 amide bonds. The first kappa shape index (κ1) is 13.6. The zero-order chi connectivity index (χ0) is 14.7. The number of halogens is 1. The van der Waals surface area contributed by atoms with Crippen LogP contribution >= 0.6 is 11.6 Å². The molecular weight excluding hydrogens is 286 g/mol. The lowest BCUT2D eigenvalue weighted by molar-refractivity contribution is 0.422. The summed E-state index contributed by atoms with van der Waals surface area (Å²) < 4.78 is 5.27. The molecule has 21 heavy (non-hydrogen) atoms. The summed E-state index contributed by atoms with van der Waals surface area (Å²) in [5, 5.41) is 4.52. The van der Waals surface area contributed by atoms with E-state index in [0.717, 1.165) is 18.4 Å². The van der Waals surface area contributed by atoms with E-state index in [1.807, 2.05) is 24.3 Å². The summed E-state index contributed by atoms with van der Waals surface area (Å²) in [5.74, 6) is 1.14. The van der Waals surface area contributed by atoms with Crippen LogP contribution in [-0.2, 0) is 12.8 Å². The SMILES string of the molecule is Nc1cc(-c2nc(CCc3ccccc3)no2)ccc1Cl. The monoisotopic (exact) mass is 299 g/mol. The average molecular weight is 300 g/mol. The Balaban J connectivity index is 1.72. The van der Waals surface area contributed by atoms with Crippen LogP contribution in [0.3, 0.4) is 0 Å². The number of hydrogen-bond acceptors (Lipinski definition) is 4. The summed E-state index contributed by atoms with van der Waals surface area (Å²) in [6.45, 7) is 0. The van der Waals surface area contributed by atoms with Gasteiger partial charge in [-0.05, 0) is 30.2 Å². The predicted octanol–water partition coefficient (Wildman–Crippen LogP) is 3.76. The van der Waals surface area contributed by atoms with Crippen molar-refractivity contribution in [2.75, 3.05) is 5.73 Å². The lowest BCUT2D eigenvalue weighted by Crippen LogP contribution is -1.93. The zero-order valence-corrected chi connectivity index (χ0v) is 12.0. The van der Waals surface area contributed by atoms with Crippen molar-refractivity contribution in [2.24, 2.45) is 0 Å². The molecule has 0 aliphatic rings. The van der Waals surface area contributed by atoms with E-state index >= 15 is 0 Å². The van der Waals surface area contributed by atoms with Gasteiger partial charge in [0.05, 0.1) is 10.7 Å². The van der Waals surface area contributed by atoms with Gasteiger partial charge in [0.25, 0.3) is 5.89 Å². The van der Waals surface area contributed by atoms with E-state index < -0.39 is 0 Å². The summed E-state index contributed by atoms with van der Waals surface area (Å²) in [4.78, 5) is 4.39. The van der Waals surface area contributed by atoms with E-state index in [9.17, 15) is 0 Å². The maximum Gasteiger partial charge on any atom is 0.257 e. The van der Waals surface area contributed by atoms with Gasteiger partial charge in [-0.25, -0.2) is 0 Å². The van der Waals surface area contributed by atoms with Crippen LogP contribution in [0.4, 0.5) is 5.69 Å². The van der Waals surface area contributed by atoms with Crippen LogP contribution < -0.4 is 5.73 Å². The Morgan fingerprint density at radius 2 is 1.86 bits per heavy atom. The third-order valence-corrected chi connectivity index (χ3v) is 3.54. The molecule has 3 rings (SSSR count). The molecule has 0 aliphatic heterocycles. The predicted molar refractivity (Wildman–Crippen MR) is 83.0 cm³/mol. The average Bonchev–Trinajstić information content (AvgIpc) is 2.98. The van der Waals surface area contributed by atoms with E-state index in [1.165, 1.54) is 5.56 Å². The van der Waals surface area contributed by atoms with Crippen molar-refractivity contribution in [3.8, 4) is 11.5 Å². The summed E-state index contributed by atoms with van der Waals surface area (Å²) in [7, 11) is 0. The van der Waals surface area contributed by atoms with Gasteiger partial charge >= 0.3 is 0 Å². The number of nitrogens with two attached hydrogens (primary N) is 1. The molecule has 4 nitrogen and oxygen atoms in total. The Kier molecular flexibility index (Phi) is 3.88. The normalized spacial score (nSPS) is 10.7. The second kappa shape index (κ2) is 5.97. The highest BCUT2D eigenvalue weighted by atomic mass is 35.5. The van der Waals surface area contributed by atoms with Crippen LogP contribution in [-0.4, -0.2) is 10.1 Å². The molecule has 0 aliphatic carbocycles. The lowest BCUT2D eigenvalue weighted by atomic mass is 10.1. The van der Waals surface area contributed by atoms with E-state index in [2.05, 4.69) is 22.3 Å². The highest BCUT2D eigenvalue weighted by Gasteiger charge is 2.10. The fourth-order valence-corrected chi connectivity index (χ4v) is 2.17. The summed E-state index contributed by atoms with van der Waals surface area (Å²) in [6.07, 6.45) is 1.61. The quantitative estimate of drug-likeness (QED) is 0.745. The molecule has 2 aromatic carbocycles. The van der Waals surface area contributed by atoms with Crippen molar-refractivity contribution >= 4 is 17.3 Å². The number of anilines is 1. The first-order valence-corrected chi connectivity index (χ1v) is 7.02. The first-order valence-electron chi connectivity index (χ1n) is 6.64. The molecule has 5 heteroatoms. The second-order valence-corrected chi connectivity index (χ2v) is 5.14. The van der Waals surface area contributed by atoms with Gasteiger partial charge < -0.3 is 10.3 Å². The molecule has 2 N–H and O–H groups in total. The molecule has 0 atom stereocenters. The molecule has 0 saturated carbocycles. The van der Waals surface area contributed by atoms with Crippen molar-refractivity contribution in [3.63, 3.8) is 0 Å². The summed E-state index contributed by atoms with van der Waals surface area (Å²) >= 11 is 5.90. The Morgan fingerprint density at radius 3 is 2.62 bits per heavy atom. The topological polar surface area (TPSA) is 64.9 Å². The number of benzene rings is 2. The molecule has 1 heterocycles. The summed E-state index contributed by atoms with van der Waals surface area (Å²) in [5.41, 5.74) is 8.30. The van der Waals surface area contributed by atoms with Crippen LogP contribution in [0.15, 0.2) is 53.1 Å². The number of nitrogen functional groups attached to an aromatic ring is 1. The molecule has 0 fully saturated rings. The van der Waals surface area contributed by atoms with Gasteiger partial charge in [-0.15, -0.1) is 0 Å². The van der Waals surface area contributed by atoms with Gasteiger partial charge in [0, 0.05) is 12.0 Å². The molecule has 0 bridgehead atoms. The molecule has 3 aromatic rings. The highest BCUT2D eigenvalue weighted by Crippen LogP contribution is 2.25. The van der Waals surface area contributed by atoms with Crippen LogP contribution in [0.2, 0.25) is 5.02 Å². The maximum absolute atomic E-state index is 5.90. The zero-order valence-electron chi connectivity index (χ0n) is 11.3. The van der Waals surface area contributed by atoms with Crippen molar-refractivity contribution in [1.29, 1.82) is 0 Å². The maximum atomic E-state index is 5.90. The Hall–Kier alpha value is -2.33.